The third kappa shape index (κ3) is 3.94. The molecule has 6 rings (SSSR count). The number of halogens is 1. The van der Waals surface area contributed by atoms with Gasteiger partial charge in [-0.1, -0.05) is 13.8 Å². The largest absolute Gasteiger partial charge is 0.351 e. The number of imidazole rings is 1. The number of nitrogens with one attached hydrogen (secondary N) is 2. The van der Waals surface area contributed by atoms with Crippen molar-refractivity contribution in [3.8, 4) is 17.1 Å². The summed E-state index contributed by atoms with van der Waals surface area (Å²) in [6.07, 6.45) is 5.88. The number of aromatic nitrogens is 5. The number of hydrogen-bond donors (Lipinski definition) is 2. The lowest BCUT2D eigenvalue weighted by atomic mass is 9.79. The van der Waals surface area contributed by atoms with Crippen molar-refractivity contribution in [2.24, 2.45) is 0 Å². The highest BCUT2D eigenvalue weighted by Crippen LogP contribution is 2.39. The molecule has 36 heavy (non-hydrogen) atoms. The average Bonchev–Trinajstić information content (AvgIpc) is 3.46. The zero-order valence-electron chi connectivity index (χ0n) is 20.5. The van der Waals surface area contributed by atoms with Gasteiger partial charge in [0.05, 0.1) is 17.7 Å². The number of benzene rings is 2. The fourth-order valence-corrected chi connectivity index (χ4v) is 4.69. The summed E-state index contributed by atoms with van der Waals surface area (Å²) in [6, 6.07) is 10.7. The van der Waals surface area contributed by atoms with Crippen molar-refractivity contribution in [1.29, 1.82) is 0 Å². The molecule has 2 aliphatic rings. The highest BCUT2D eigenvalue weighted by atomic mass is 19.1. The fraction of sp³-hybridized carbons (Fsp3) is 0.333. The van der Waals surface area contributed by atoms with E-state index in [4.69, 9.17) is 0 Å². The smallest absolute Gasteiger partial charge is 0.251 e. The van der Waals surface area contributed by atoms with Crippen LogP contribution >= 0.6 is 0 Å². The molecule has 0 spiro atoms. The summed E-state index contributed by atoms with van der Waals surface area (Å²) in [5.74, 6) is 1.09. The molecule has 2 aromatic carbocycles. The van der Waals surface area contributed by atoms with Crippen molar-refractivity contribution in [1.82, 2.24) is 29.6 Å². The van der Waals surface area contributed by atoms with Crippen LogP contribution in [0.15, 0.2) is 48.9 Å². The average molecular weight is 486 g/mol. The number of nitrogens with zero attached hydrogens (tertiary/aromatic N) is 5. The maximum atomic E-state index is 15.1. The summed E-state index contributed by atoms with van der Waals surface area (Å²) in [5, 5.41) is 10.9. The second kappa shape index (κ2) is 8.29. The van der Waals surface area contributed by atoms with Gasteiger partial charge in [0.15, 0.2) is 5.82 Å². The molecule has 8 nitrogen and oxygen atoms in total. The number of carbonyl (C=O) groups is 1. The Kier molecular flexibility index (Phi) is 5.17. The predicted molar refractivity (Wildman–Crippen MR) is 135 cm³/mol. The van der Waals surface area contributed by atoms with E-state index in [-0.39, 0.29) is 17.1 Å². The monoisotopic (exact) mass is 485 g/mol. The summed E-state index contributed by atoms with van der Waals surface area (Å²) >= 11 is 0. The normalized spacial score (nSPS) is 16.5. The van der Waals surface area contributed by atoms with Gasteiger partial charge in [0.25, 0.3) is 5.91 Å². The molecule has 1 aliphatic heterocycles. The van der Waals surface area contributed by atoms with E-state index in [1.54, 1.807) is 21.6 Å². The molecule has 3 heterocycles. The first-order chi connectivity index (χ1) is 17.3. The lowest BCUT2D eigenvalue weighted by Gasteiger charge is -2.32. The molecule has 2 aromatic heterocycles. The van der Waals surface area contributed by atoms with E-state index in [0.717, 1.165) is 29.8 Å². The third-order valence-electron chi connectivity index (χ3n) is 6.99. The van der Waals surface area contributed by atoms with Gasteiger partial charge < -0.3 is 15.2 Å². The Hall–Kier alpha value is -4.01. The summed E-state index contributed by atoms with van der Waals surface area (Å²) in [4.78, 5) is 21.4. The molecule has 1 saturated carbocycles. The third-order valence-corrected chi connectivity index (χ3v) is 6.99. The molecule has 0 saturated heterocycles. The number of rotatable bonds is 6. The number of carbonyl (C=O) groups excluding carboxylic acids is 1. The Bertz CT molecular complexity index is 1480. The van der Waals surface area contributed by atoms with E-state index >= 15 is 4.39 Å². The van der Waals surface area contributed by atoms with E-state index in [1.165, 1.54) is 6.07 Å². The van der Waals surface area contributed by atoms with Crippen LogP contribution in [0.4, 0.5) is 16.0 Å². The zero-order chi connectivity index (χ0) is 25.0. The van der Waals surface area contributed by atoms with Crippen LogP contribution in [0, 0.1) is 5.82 Å². The van der Waals surface area contributed by atoms with Crippen LogP contribution in [0.1, 0.15) is 61.1 Å². The molecule has 4 aromatic rings. The first kappa shape index (κ1) is 22.5. The fourth-order valence-electron chi connectivity index (χ4n) is 4.69. The van der Waals surface area contributed by atoms with Gasteiger partial charge in [-0.2, -0.15) is 4.98 Å². The van der Waals surface area contributed by atoms with Crippen molar-refractivity contribution in [3.63, 3.8) is 0 Å². The van der Waals surface area contributed by atoms with Gasteiger partial charge in [0.1, 0.15) is 5.82 Å². The van der Waals surface area contributed by atoms with Crippen LogP contribution < -0.4 is 10.6 Å². The van der Waals surface area contributed by atoms with Crippen LogP contribution in [0.5, 0.6) is 0 Å². The van der Waals surface area contributed by atoms with Crippen molar-refractivity contribution < 1.29 is 9.18 Å². The highest BCUT2D eigenvalue weighted by Gasteiger charge is 2.31. The van der Waals surface area contributed by atoms with Gasteiger partial charge in [-0.25, -0.2) is 14.1 Å². The van der Waals surface area contributed by atoms with E-state index in [9.17, 15) is 4.79 Å². The summed E-state index contributed by atoms with van der Waals surface area (Å²) < 4.78 is 18.6. The zero-order valence-corrected chi connectivity index (χ0v) is 20.5. The molecule has 1 fully saturated rings. The Morgan fingerprint density at radius 1 is 1.19 bits per heavy atom. The van der Waals surface area contributed by atoms with Crippen LogP contribution in [-0.2, 0) is 12.0 Å². The summed E-state index contributed by atoms with van der Waals surface area (Å²) in [7, 11) is 0. The van der Waals surface area contributed by atoms with E-state index in [0.29, 0.717) is 47.6 Å². The van der Waals surface area contributed by atoms with E-state index in [2.05, 4.69) is 39.5 Å². The quantitative estimate of drug-likeness (QED) is 0.404. The van der Waals surface area contributed by atoms with Crippen molar-refractivity contribution in [2.45, 2.75) is 51.5 Å². The SMILES string of the molecule is CCn1nc(-c2ccc(-n3cnc(C4CC4)c3)c(F)c2)nc1Nc1ccc2c(c1)C(C)(C)CNC2=O. The Labute approximate surface area is 208 Å². The van der Waals surface area contributed by atoms with Gasteiger partial charge in [-0.05, 0) is 61.7 Å². The number of aryl methyl sites for hydroxylation is 1. The van der Waals surface area contributed by atoms with Crippen molar-refractivity contribution >= 4 is 17.5 Å². The lowest BCUT2D eigenvalue weighted by molar-refractivity contribution is 0.0930. The molecule has 184 valence electrons. The predicted octanol–water partition coefficient (Wildman–Crippen LogP) is 4.93. The van der Waals surface area contributed by atoms with Gasteiger partial charge in [-0.3, -0.25) is 4.79 Å². The first-order valence-corrected chi connectivity index (χ1v) is 12.3. The lowest BCUT2D eigenvalue weighted by Crippen LogP contribution is -2.43. The second-order valence-corrected chi connectivity index (χ2v) is 10.2. The van der Waals surface area contributed by atoms with Crippen LogP contribution in [0.2, 0.25) is 0 Å². The molecule has 0 atom stereocenters. The number of amides is 1. The maximum Gasteiger partial charge on any atom is 0.251 e. The summed E-state index contributed by atoms with van der Waals surface area (Å²) in [5.41, 5.74) is 4.37. The molecular weight excluding hydrogens is 457 g/mol. The Balaban J connectivity index is 1.28. The van der Waals surface area contributed by atoms with Crippen LogP contribution in [0.3, 0.4) is 0 Å². The molecule has 1 aliphatic carbocycles. The minimum absolute atomic E-state index is 0.0557. The Morgan fingerprint density at radius 3 is 2.78 bits per heavy atom. The summed E-state index contributed by atoms with van der Waals surface area (Å²) in [6.45, 7) is 7.37. The van der Waals surface area contributed by atoms with Crippen LogP contribution in [0.25, 0.3) is 17.1 Å². The van der Waals surface area contributed by atoms with Crippen molar-refractivity contribution in [2.75, 3.05) is 11.9 Å². The molecule has 9 heteroatoms. The topological polar surface area (TPSA) is 89.7 Å². The molecule has 0 radical (unpaired) electrons. The van der Waals surface area contributed by atoms with Gasteiger partial charge in [-0.15, -0.1) is 5.10 Å². The molecular formula is C27H28FN7O. The van der Waals surface area contributed by atoms with E-state index < -0.39 is 0 Å². The Morgan fingerprint density at radius 2 is 2.03 bits per heavy atom. The maximum absolute atomic E-state index is 15.1. The molecule has 0 bridgehead atoms. The first-order valence-electron chi connectivity index (χ1n) is 12.3. The number of anilines is 2. The minimum atomic E-state index is -0.357. The second-order valence-electron chi connectivity index (χ2n) is 10.2. The van der Waals surface area contributed by atoms with Crippen molar-refractivity contribution in [3.05, 3.63) is 71.6 Å². The van der Waals surface area contributed by atoms with E-state index in [1.807, 2.05) is 37.4 Å². The standard InChI is InChI=1S/C27H28FN7O/c1-4-35-26(31-18-8-9-19-20(12-18)27(2,3)14-29-25(19)36)32-24(33-35)17-7-10-23(21(28)11-17)34-13-22(30-15-34)16-5-6-16/h7-13,15-16H,4-6,14H2,1-3H3,(H,29,36)(H,31,32,33). The van der Waals surface area contributed by atoms with Crippen LogP contribution in [-0.4, -0.2) is 36.8 Å². The highest BCUT2D eigenvalue weighted by molar-refractivity contribution is 5.98. The molecule has 0 unspecified atom stereocenters. The minimum Gasteiger partial charge on any atom is -0.351 e. The van der Waals surface area contributed by atoms with Gasteiger partial charge in [0, 0.05) is 47.4 Å². The number of fused-ring (bicyclic) bond motifs is 1. The molecule has 1 amide bonds. The van der Waals surface area contributed by atoms with Gasteiger partial charge >= 0.3 is 0 Å². The molecule has 2 N–H and O–H groups in total. The van der Waals surface area contributed by atoms with Gasteiger partial charge in [0.2, 0.25) is 5.95 Å². The number of hydrogen-bond acceptors (Lipinski definition) is 5.